The van der Waals surface area contributed by atoms with Crippen LogP contribution in [0.3, 0.4) is 0 Å². The van der Waals surface area contributed by atoms with Gasteiger partial charge in [-0.15, -0.1) is 11.3 Å². The minimum Gasteiger partial charge on any atom is -0.337 e. The molecule has 20 heavy (non-hydrogen) atoms. The zero-order chi connectivity index (χ0) is 14.7. The van der Waals surface area contributed by atoms with Gasteiger partial charge in [0.05, 0.1) is 8.71 Å². The molecule has 0 aliphatic carbocycles. The van der Waals surface area contributed by atoms with Crippen LogP contribution >= 0.6 is 27.3 Å². The van der Waals surface area contributed by atoms with Crippen LogP contribution < -0.4 is 0 Å². The summed E-state index contributed by atoms with van der Waals surface area (Å²) in [6, 6.07) is 7.70. The minimum atomic E-state index is -0.507. The van der Waals surface area contributed by atoms with Crippen molar-refractivity contribution < 1.29 is 9.72 Å². The molecule has 0 fully saturated rings. The summed E-state index contributed by atoms with van der Waals surface area (Å²) in [6.07, 6.45) is 0. The first-order valence-electron chi connectivity index (χ1n) is 5.70. The summed E-state index contributed by atoms with van der Waals surface area (Å²) in [6.45, 7) is 0.462. The maximum Gasteiger partial charge on any atom is 0.270 e. The van der Waals surface area contributed by atoms with E-state index < -0.39 is 4.92 Å². The Morgan fingerprint density at radius 3 is 2.80 bits per heavy atom. The van der Waals surface area contributed by atoms with Crippen molar-refractivity contribution in [2.75, 3.05) is 7.05 Å². The zero-order valence-electron chi connectivity index (χ0n) is 10.6. The topological polar surface area (TPSA) is 63.5 Å². The molecule has 7 heteroatoms. The first-order chi connectivity index (χ1) is 9.47. The number of hydrogen-bond acceptors (Lipinski definition) is 4. The third kappa shape index (κ3) is 3.43. The molecule has 0 spiro atoms. The van der Waals surface area contributed by atoms with Gasteiger partial charge in [-0.2, -0.15) is 0 Å². The Kier molecular flexibility index (Phi) is 4.51. The number of nitro groups is 1. The average Bonchev–Trinajstić information content (AvgIpc) is 2.83. The van der Waals surface area contributed by atoms with Gasteiger partial charge in [0.2, 0.25) is 0 Å². The SMILES string of the molecule is CN(Cc1csc(Br)c1)C(=O)c1cccc([N+](=O)[O-])c1. The Balaban J connectivity index is 2.14. The first-order valence-corrected chi connectivity index (χ1v) is 7.37. The van der Waals surface area contributed by atoms with E-state index in [9.17, 15) is 14.9 Å². The Bertz CT molecular complexity index is 657. The highest BCUT2D eigenvalue weighted by Crippen LogP contribution is 2.22. The van der Waals surface area contributed by atoms with Crippen LogP contribution in [0.25, 0.3) is 0 Å². The molecule has 0 bridgehead atoms. The third-order valence-electron chi connectivity index (χ3n) is 2.69. The van der Waals surface area contributed by atoms with E-state index in [1.807, 2.05) is 11.4 Å². The number of nitrogens with zero attached hydrogens (tertiary/aromatic N) is 2. The first kappa shape index (κ1) is 14.7. The fraction of sp³-hybridized carbons (Fsp3) is 0.154. The number of rotatable bonds is 4. The molecule has 2 rings (SSSR count). The normalized spacial score (nSPS) is 10.3. The highest BCUT2D eigenvalue weighted by molar-refractivity contribution is 9.11. The number of hydrogen-bond donors (Lipinski definition) is 0. The molecular weight excluding hydrogens is 344 g/mol. The van der Waals surface area contributed by atoms with E-state index in [0.29, 0.717) is 12.1 Å². The number of carbonyl (C=O) groups excluding carboxylic acids is 1. The van der Waals surface area contributed by atoms with Gasteiger partial charge < -0.3 is 4.90 Å². The van der Waals surface area contributed by atoms with Crippen molar-refractivity contribution in [2.24, 2.45) is 0 Å². The minimum absolute atomic E-state index is 0.0810. The van der Waals surface area contributed by atoms with Gasteiger partial charge in [-0.1, -0.05) is 6.07 Å². The van der Waals surface area contributed by atoms with Crippen molar-refractivity contribution in [2.45, 2.75) is 6.54 Å². The predicted molar refractivity (Wildman–Crippen MR) is 80.9 cm³/mol. The van der Waals surface area contributed by atoms with Gasteiger partial charge in [0.25, 0.3) is 11.6 Å². The molecule has 5 nitrogen and oxygen atoms in total. The summed E-state index contributed by atoms with van der Waals surface area (Å²) in [5.74, 6) is -0.240. The molecule has 2 aromatic rings. The summed E-state index contributed by atoms with van der Waals surface area (Å²) in [5, 5.41) is 12.7. The monoisotopic (exact) mass is 354 g/mol. The van der Waals surface area contributed by atoms with E-state index >= 15 is 0 Å². The second-order valence-electron chi connectivity index (χ2n) is 4.23. The molecule has 0 aliphatic rings. The molecule has 0 saturated heterocycles. The van der Waals surface area contributed by atoms with Crippen molar-refractivity contribution in [3.63, 3.8) is 0 Å². The lowest BCUT2D eigenvalue weighted by Gasteiger charge is -2.16. The summed E-state index contributed by atoms with van der Waals surface area (Å²) >= 11 is 4.92. The van der Waals surface area contributed by atoms with E-state index in [-0.39, 0.29) is 11.6 Å². The standard InChI is InChI=1S/C13H11BrN2O3S/c1-15(7-9-5-12(14)20-8-9)13(17)10-3-2-4-11(6-10)16(18)19/h2-6,8H,7H2,1H3. The van der Waals surface area contributed by atoms with Gasteiger partial charge in [0.15, 0.2) is 0 Å². The molecule has 0 aliphatic heterocycles. The molecule has 0 atom stereocenters. The van der Waals surface area contributed by atoms with Gasteiger partial charge in [-0.25, -0.2) is 0 Å². The lowest BCUT2D eigenvalue weighted by Crippen LogP contribution is -2.26. The van der Waals surface area contributed by atoms with Crippen LogP contribution in [0, 0.1) is 10.1 Å². The van der Waals surface area contributed by atoms with Crippen LogP contribution in [-0.4, -0.2) is 22.8 Å². The van der Waals surface area contributed by atoms with E-state index in [0.717, 1.165) is 9.35 Å². The number of amides is 1. The Morgan fingerprint density at radius 2 is 2.20 bits per heavy atom. The lowest BCUT2D eigenvalue weighted by molar-refractivity contribution is -0.384. The number of benzene rings is 1. The van der Waals surface area contributed by atoms with Crippen LogP contribution in [0.5, 0.6) is 0 Å². The van der Waals surface area contributed by atoms with Gasteiger partial charge in [-0.05, 0) is 39.0 Å². The Hall–Kier alpha value is -1.73. The van der Waals surface area contributed by atoms with Crippen molar-refractivity contribution in [1.29, 1.82) is 0 Å². The molecule has 0 radical (unpaired) electrons. The van der Waals surface area contributed by atoms with E-state index in [2.05, 4.69) is 15.9 Å². The molecule has 1 heterocycles. The van der Waals surface area contributed by atoms with Crippen LogP contribution in [0.2, 0.25) is 0 Å². The lowest BCUT2D eigenvalue weighted by atomic mass is 10.1. The predicted octanol–water partition coefficient (Wildman–Crippen LogP) is 3.69. The molecular formula is C13H11BrN2O3S. The number of carbonyl (C=O) groups is 1. The molecule has 0 N–H and O–H groups in total. The van der Waals surface area contributed by atoms with E-state index in [4.69, 9.17) is 0 Å². The number of nitro benzene ring substituents is 1. The van der Waals surface area contributed by atoms with Crippen molar-refractivity contribution in [1.82, 2.24) is 4.90 Å². The second kappa shape index (κ2) is 6.15. The van der Waals surface area contributed by atoms with Crippen molar-refractivity contribution in [3.05, 3.63) is 60.7 Å². The molecule has 0 saturated carbocycles. The summed E-state index contributed by atoms with van der Waals surface area (Å²) < 4.78 is 1.00. The number of halogens is 1. The van der Waals surface area contributed by atoms with Gasteiger partial charge >= 0.3 is 0 Å². The summed E-state index contributed by atoms with van der Waals surface area (Å²) in [5.41, 5.74) is 1.25. The smallest absolute Gasteiger partial charge is 0.270 e. The zero-order valence-corrected chi connectivity index (χ0v) is 13.0. The Morgan fingerprint density at radius 1 is 1.45 bits per heavy atom. The average molecular weight is 355 g/mol. The largest absolute Gasteiger partial charge is 0.337 e. The molecule has 1 aromatic carbocycles. The van der Waals surface area contributed by atoms with E-state index in [1.54, 1.807) is 24.5 Å². The van der Waals surface area contributed by atoms with Gasteiger partial charge in [0.1, 0.15) is 0 Å². The molecule has 1 amide bonds. The maximum atomic E-state index is 12.2. The van der Waals surface area contributed by atoms with E-state index in [1.165, 1.54) is 23.1 Å². The molecule has 0 unspecified atom stereocenters. The van der Waals surface area contributed by atoms with Crippen LogP contribution in [0.15, 0.2) is 39.5 Å². The second-order valence-corrected chi connectivity index (χ2v) is 6.52. The number of thiophene rings is 1. The summed E-state index contributed by atoms with van der Waals surface area (Å²) in [7, 11) is 1.67. The quantitative estimate of drug-likeness (QED) is 0.621. The molecule has 1 aromatic heterocycles. The Labute approximate surface area is 128 Å². The summed E-state index contributed by atoms with van der Waals surface area (Å²) in [4.78, 5) is 24.0. The highest BCUT2D eigenvalue weighted by Gasteiger charge is 2.15. The highest BCUT2D eigenvalue weighted by atomic mass is 79.9. The molecule has 104 valence electrons. The van der Waals surface area contributed by atoms with Gasteiger partial charge in [0, 0.05) is 31.3 Å². The van der Waals surface area contributed by atoms with Crippen molar-refractivity contribution in [3.8, 4) is 0 Å². The van der Waals surface area contributed by atoms with Crippen molar-refractivity contribution >= 4 is 38.9 Å². The fourth-order valence-electron chi connectivity index (χ4n) is 1.75. The third-order valence-corrected chi connectivity index (χ3v) is 4.25. The van der Waals surface area contributed by atoms with Crippen LogP contribution in [0.1, 0.15) is 15.9 Å². The van der Waals surface area contributed by atoms with Gasteiger partial charge in [-0.3, -0.25) is 14.9 Å². The fourth-order valence-corrected chi connectivity index (χ4v) is 2.95. The van der Waals surface area contributed by atoms with Crippen LogP contribution in [0.4, 0.5) is 5.69 Å². The number of non-ortho nitro benzene ring substituents is 1. The van der Waals surface area contributed by atoms with Crippen LogP contribution in [-0.2, 0) is 6.54 Å². The maximum absolute atomic E-state index is 12.2.